The summed E-state index contributed by atoms with van der Waals surface area (Å²) >= 11 is 0. The third-order valence-corrected chi connectivity index (χ3v) is 3.35. The molecule has 0 heterocycles. The van der Waals surface area contributed by atoms with Crippen LogP contribution in [0, 0.1) is 5.41 Å². The second-order valence-corrected chi connectivity index (χ2v) is 4.83. The van der Waals surface area contributed by atoms with Crippen LogP contribution in [-0.2, 0) is 9.53 Å². The minimum Gasteiger partial charge on any atom is -0.443 e. The molecule has 0 aliphatic heterocycles. The van der Waals surface area contributed by atoms with Crippen molar-refractivity contribution in [1.29, 1.82) is 0 Å². The number of rotatable bonds is 2. The van der Waals surface area contributed by atoms with Crippen LogP contribution < -0.4 is 5.32 Å². The van der Waals surface area contributed by atoms with Crippen molar-refractivity contribution in [2.24, 2.45) is 5.41 Å². The lowest BCUT2D eigenvalue weighted by Crippen LogP contribution is -2.73. The van der Waals surface area contributed by atoms with Crippen LogP contribution in [0.15, 0.2) is 0 Å². The Morgan fingerprint density at radius 1 is 1.27 bits per heavy atom. The van der Waals surface area contributed by atoms with E-state index in [0.29, 0.717) is 19.3 Å². The maximum absolute atomic E-state index is 11.8. The van der Waals surface area contributed by atoms with E-state index < -0.39 is 6.09 Å². The Bertz CT molecular complexity index is 305. The summed E-state index contributed by atoms with van der Waals surface area (Å²) in [5.41, 5.74) is -0.566. The molecule has 1 N–H and O–H groups in total. The number of carbonyl (C=O) groups is 2. The van der Waals surface area contributed by atoms with E-state index in [1.807, 2.05) is 0 Å². The van der Waals surface area contributed by atoms with Crippen LogP contribution in [0.3, 0.4) is 0 Å². The van der Waals surface area contributed by atoms with E-state index in [0.717, 1.165) is 0 Å². The molecule has 3 rings (SSSR count). The summed E-state index contributed by atoms with van der Waals surface area (Å²) in [4.78, 5) is 24.4. The number of amides is 2. The van der Waals surface area contributed by atoms with Gasteiger partial charge in [0.25, 0.3) is 0 Å². The number of nitrogens with zero attached hydrogens (tertiary/aromatic N) is 1. The molecule has 0 spiro atoms. The molecule has 3 fully saturated rings. The highest BCUT2D eigenvalue weighted by molar-refractivity contribution is 5.87. The third kappa shape index (κ3) is 1.29. The zero-order valence-corrected chi connectivity index (χ0v) is 9.29. The monoisotopic (exact) mass is 212 g/mol. The summed E-state index contributed by atoms with van der Waals surface area (Å²) in [5.74, 6) is 0.157. The van der Waals surface area contributed by atoms with E-state index in [1.165, 1.54) is 7.05 Å². The fraction of sp³-hybridized carbons (Fsp3) is 0.800. The molecule has 0 saturated heterocycles. The van der Waals surface area contributed by atoms with Gasteiger partial charge in [0.2, 0.25) is 5.91 Å². The van der Waals surface area contributed by atoms with Gasteiger partial charge in [0.1, 0.15) is 5.60 Å². The van der Waals surface area contributed by atoms with Gasteiger partial charge in [0, 0.05) is 40.4 Å². The Hall–Kier alpha value is -1.26. The molecule has 5 nitrogen and oxygen atoms in total. The Morgan fingerprint density at radius 3 is 2.20 bits per heavy atom. The highest BCUT2D eigenvalue weighted by atomic mass is 16.6. The number of carbonyl (C=O) groups excluding carboxylic acids is 2. The van der Waals surface area contributed by atoms with Gasteiger partial charge in [-0.2, -0.15) is 0 Å². The van der Waals surface area contributed by atoms with E-state index >= 15 is 0 Å². The second-order valence-electron chi connectivity index (χ2n) is 4.83. The molecule has 3 saturated carbocycles. The molecule has 0 unspecified atom stereocenters. The van der Waals surface area contributed by atoms with E-state index in [1.54, 1.807) is 19.0 Å². The quantitative estimate of drug-likeness (QED) is 0.718. The molecular weight excluding hydrogens is 196 g/mol. The zero-order chi connectivity index (χ0) is 11.3. The van der Waals surface area contributed by atoms with Crippen molar-refractivity contribution >= 4 is 12.0 Å². The van der Waals surface area contributed by atoms with Crippen LogP contribution in [0.2, 0.25) is 0 Å². The summed E-state index contributed by atoms with van der Waals surface area (Å²) in [6, 6.07) is 0. The van der Waals surface area contributed by atoms with Gasteiger partial charge >= 0.3 is 6.09 Å². The molecule has 5 heteroatoms. The first kappa shape index (κ1) is 10.3. The van der Waals surface area contributed by atoms with Crippen LogP contribution >= 0.6 is 0 Å². The standard InChI is InChI=1S/C10H16N2O3/c1-11-8(14)15-10-4-9(5-10,6-10)7(13)12(2)3/h4-6H2,1-3H3,(H,11,14). The predicted octanol–water partition coefficient (Wildman–Crippen LogP) is 0.353. The minimum atomic E-state index is -0.402. The molecule has 0 aromatic carbocycles. The molecule has 3 aliphatic rings. The maximum atomic E-state index is 11.8. The van der Waals surface area contributed by atoms with Gasteiger partial charge in [-0.25, -0.2) is 4.79 Å². The number of hydrogen-bond donors (Lipinski definition) is 1. The number of ether oxygens (including phenoxy) is 1. The topological polar surface area (TPSA) is 58.6 Å². The van der Waals surface area contributed by atoms with Crippen LogP contribution in [0.4, 0.5) is 4.79 Å². The molecule has 15 heavy (non-hydrogen) atoms. The fourth-order valence-corrected chi connectivity index (χ4v) is 2.75. The van der Waals surface area contributed by atoms with Crippen molar-refractivity contribution in [2.45, 2.75) is 24.9 Å². The SMILES string of the molecule is CNC(=O)OC12CC(C(=O)N(C)C)(C1)C2. The van der Waals surface area contributed by atoms with E-state index in [9.17, 15) is 9.59 Å². The average molecular weight is 212 g/mol. The average Bonchev–Trinajstić information content (AvgIpc) is 2.07. The van der Waals surface area contributed by atoms with E-state index in [4.69, 9.17) is 4.74 Å². The molecule has 3 aliphatic carbocycles. The zero-order valence-electron chi connectivity index (χ0n) is 9.29. The third-order valence-electron chi connectivity index (χ3n) is 3.35. The lowest BCUT2D eigenvalue weighted by Gasteiger charge is -2.67. The Labute approximate surface area is 88.8 Å². The summed E-state index contributed by atoms with van der Waals surface area (Å²) < 4.78 is 5.22. The lowest BCUT2D eigenvalue weighted by molar-refractivity contribution is -0.252. The van der Waals surface area contributed by atoms with Gasteiger partial charge in [0.15, 0.2) is 0 Å². The van der Waals surface area contributed by atoms with Crippen LogP contribution in [-0.4, -0.2) is 43.6 Å². The largest absolute Gasteiger partial charge is 0.443 e. The Balaban J connectivity index is 1.90. The van der Waals surface area contributed by atoms with Crippen molar-refractivity contribution in [2.75, 3.05) is 21.1 Å². The number of hydrogen-bond acceptors (Lipinski definition) is 3. The Kier molecular flexibility index (Phi) is 1.96. The molecule has 84 valence electrons. The highest BCUT2D eigenvalue weighted by Gasteiger charge is 2.74. The van der Waals surface area contributed by atoms with Crippen molar-refractivity contribution in [1.82, 2.24) is 10.2 Å². The summed E-state index contributed by atoms with van der Waals surface area (Å²) in [6.07, 6.45) is 1.65. The van der Waals surface area contributed by atoms with Crippen molar-refractivity contribution in [3.05, 3.63) is 0 Å². The molecule has 0 aromatic rings. The molecule has 0 aromatic heterocycles. The smallest absolute Gasteiger partial charge is 0.407 e. The van der Waals surface area contributed by atoms with Crippen molar-refractivity contribution in [3.8, 4) is 0 Å². The number of nitrogens with one attached hydrogen (secondary N) is 1. The first-order chi connectivity index (χ1) is 6.93. The minimum absolute atomic E-state index is 0.157. The molecular formula is C10H16N2O3. The number of alkyl carbamates (subject to hydrolysis) is 1. The fourth-order valence-electron chi connectivity index (χ4n) is 2.75. The van der Waals surface area contributed by atoms with Gasteiger partial charge in [0.05, 0.1) is 5.41 Å². The Morgan fingerprint density at radius 2 is 1.80 bits per heavy atom. The summed E-state index contributed by atoms with van der Waals surface area (Å²) in [5, 5.41) is 2.42. The first-order valence-electron chi connectivity index (χ1n) is 5.06. The lowest BCUT2D eigenvalue weighted by atomic mass is 9.40. The van der Waals surface area contributed by atoms with Crippen molar-refractivity contribution < 1.29 is 14.3 Å². The van der Waals surface area contributed by atoms with Gasteiger partial charge in [-0.05, 0) is 0 Å². The normalized spacial score (nSPS) is 35.9. The van der Waals surface area contributed by atoms with Crippen LogP contribution in [0.25, 0.3) is 0 Å². The summed E-state index contributed by atoms with van der Waals surface area (Å²) in [7, 11) is 5.05. The van der Waals surface area contributed by atoms with Gasteiger partial charge in [-0.1, -0.05) is 0 Å². The highest BCUT2D eigenvalue weighted by Crippen LogP contribution is 2.69. The molecule has 0 radical (unpaired) electrons. The van der Waals surface area contributed by atoms with E-state index in [-0.39, 0.29) is 16.9 Å². The predicted molar refractivity (Wildman–Crippen MR) is 53.2 cm³/mol. The molecule has 2 amide bonds. The molecule has 2 bridgehead atoms. The van der Waals surface area contributed by atoms with E-state index in [2.05, 4.69) is 5.32 Å². The van der Waals surface area contributed by atoms with Crippen LogP contribution in [0.5, 0.6) is 0 Å². The maximum Gasteiger partial charge on any atom is 0.407 e. The second kappa shape index (κ2) is 2.87. The van der Waals surface area contributed by atoms with Gasteiger partial charge in [-0.15, -0.1) is 0 Å². The van der Waals surface area contributed by atoms with Crippen LogP contribution in [0.1, 0.15) is 19.3 Å². The van der Waals surface area contributed by atoms with Crippen molar-refractivity contribution in [3.63, 3.8) is 0 Å². The summed E-state index contributed by atoms with van der Waals surface area (Å²) in [6.45, 7) is 0. The first-order valence-corrected chi connectivity index (χ1v) is 5.06. The van der Waals surface area contributed by atoms with Gasteiger partial charge < -0.3 is 15.0 Å². The molecule has 0 atom stereocenters. The van der Waals surface area contributed by atoms with Gasteiger partial charge in [-0.3, -0.25) is 4.79 Å².